The molecule has 0 heterocycles. The van der Waals surface area contributed by atoms with Crippen LogP contribution in [0.3, 0.4) is 0 Å². The van der Waals surface area contributed by atoms with Gasteiger partial charge >= 0.3 is 7.60 Å². The Kier molecular flexibility index (Phi) is 27.8. The predicted molar refractivity (Wildman–Crippen MR) is 151 cm³/mol. The van der Waals surface area contributed by atoms with Crippen LogP contribution in [0.1, 0.15) is 168 Å². The minimum Gasteiger partial charge on any atom is -0.320 e. The van der Waals surface area contributed by atoms with Gasteiger partial charge in [0.05, 0.1) is 19.5 Å². The number of rotatable bonds is 29. The summed E-state index contributed by atoms with van der Waals surface area (Å²) in [6.07, 6.45) is 31.4. The Labute approximate surface area is 214 Å². The predicted octanol–water partition coefficient (Wildman–Crippen LogP) is 10.5. The number of nitrogens with two attached hydrogens (primary N) is 1. The zero-order valence-corrected chi connectivity index (χ0v) is 24.2. The first kappa shape index (κ1) is 34.1. The smallest absolute Gasteiger partial charge is 0.320 e. The molecule has 206 valence electrons. The van der Waals surface area contributed by atoms with Crippen molar-refractivity contribution < 1.29 is 13.6 Å². The lowest BCUT2D eigenvalue weighted by Gasteiger charge is -2.16. The molecule has 2 N–H and O–H groups in total. The zero-order valence-electron chi connectivity index (χ0n) is 23.3. The van der Waals surface area contributed by atoms with Crippen LogP contribution in [0.4, 0.5) is 0 Å². The normalized spacial score (nSPS) is 12.0. The first-order valence-electron chi connectivity index (χ1n) is 15.3. The van der Waals surface area contributed by atoms with Crippen LogP contribution >= 0.6 is 7.60 Å². The summed E-state index contributed by atoms with van der Waals surface area (Å²) >= 11 is 0. The number of hydrogen-bond acceptors (Lipinski definition) is 4. The van der Waals surface area contributed by atoms with Crippen LogP contribution in [-0.4, -0.2) is 19.5 Å². The lowest BCUT2D eigenvalue weighted by Crippen LogP contribution is -2.08. The molecule has 0 unspecified atom stereocenters. The van der Waals surface area contributed by atoms with Gasteiger partial charge in [-0.1, -0.05) is 155 Å². The second-order valence-electron chi connectivity index (χ2n) is 10.2. The highest BCUT2D eigenvalue weighted by atomic mass is 31.2. The second-order valence-corrected chi connectivity index (χ2v) is 12.3. The van der Waals surface area contributed by atoms with Crippen LogP contribution in [0, 0.1) is 0 Å². The summed E-state index contributed by atoms with van der Waals surface area (Å²) in [7, 11) is -3.09. The molecule has 5 heteroatoms. The molecule has 0 aliphatic rings. The summed E-state index contributed by atoms with van der Waals surface area (Å²) in [5, 5.41) is 0. The Morgan fingerprint density at radius 3 is 0.912 bits per heavy atom. The molecule has 0 aromatic heterocycles. The van der Waals surface area contributed by atoms with Gasteiger partial charge in [-0.25, -0.2) is 0 Å². The van der Waals surface area contributed by atoms with Crippen LogP contribution in [0.15, 0.2) is 0 Å². The summed E-state index contributed by atoms with van der Waals surface area (Å²) < 4.78 is 23.8. The fourth-order valence-electron chi connectivity index (χ4n) is 4.44. The SMILES string of the molecule is CCCCCCCCCCCCCCOP(=O)(CN)OCCCCCCCCCCCCCC. The van der Waals surface area contributed by atoms with E-state index in [1.54, 1.807) is 0 Å². The second kappa shape index (κ2) is 27.7. The largest absolute Gasteiger partial charge is 0.344 e. The van der Waals surface area contributed by atoms with Crippen molar-refractivity contribution >= 4 is 7.60 Å². The molecule has 4 nitrogen and oxygen atoms in total. The Balaban J connectivity index is 3.43. The highest BCUT2D eigenvalue weighted by Crippen LogP contribution is 2.46. The van der Waals surface area contributed by atoms with Crippen LogP contribution in [0.5, 0.6) is 0 Å². The van der Waals surface area contributed by atoms with Crippen molar-refractivity contribution in [3.63, 3.8) is 0 Å². The Morgan fingerprint density at radius 2 is 0.676 bits per heavy atom. The van der Waals surface area contributed by atoms with E-state index in [4.69, 9.17) is 14.8 Å². The molecule has 0 atom stereocenters. The van der Waals surface area contributed by atoms with E-state index in [0.29, 0.717) is 13.2 Å². The molecule has 0 radical (unpaired) electrons. The van der Waals surface area contributed by atoms with Crippen molar-refractivity contribution in [3.8, 4) is 0 Å². The molecule has 0 amide bonds. The van der Waals surface area contributed by atoms with E-state index in [-0.39, 0.29) is 6.29 Å². The summed E-state index contributed by atoms with van der Waals surface area (Å²) in [4.78, 5) is 0. The number of hydrogen-bond donors (Lipinski definition) is 1. The lowest BCUT2D eigenvalue weighted by atomic mass is 10.1. The molecule has 34 heavy (non-hydrogen) atoms. The summed E-state index contributed by atoms with van der Waals surface area (Å²) in [5.41, 5.74) is 5.69. The molecular formula is C29H62NO3P. The summed E-state index contributed by atoms with van der Waals surface area (Å²) in [6.45, 7) is 5.55. The average Bonchev–Trinajstić information content (AvgIpc) is 2.85. The van der Waals surface area contributed by atoms with Crippen molar-refractivity contribution in [2.24, 2.45) is 5.73 Å². The van der Waals surface area contributed by atoms with Crippen molar-refractivity contribution in [2.45, 2.75) is 168 Å². The Hall–Kier alpha value is 0.110. The standard InChI is InChI=1S/C29H62NO3P/c1-3-5-7-9-11-13-15-17-19-21-23-25-27-32-34(31,29-30)33-28-26-24-22-20-18-16-14-12-10-8-6-4-2/h3-30H2,1-2H3. The van der Waals surface area contributed by atoms with Gasteiger partial charge in [0.1, 0.15) is 0 Å². The van der Waals surface area contributed by atoms with E-state index in [9.17, 15) is 4.57 Å². The van der Waals surface area contributed by atoms with Crippen molar-refractivity contribution in [1.29, 1.82) is 0 Å². The maximum atomic E-state index is 12.6. The lowest BCUT2D eigenvalue weighted by molar-refractivity contribution is 0.198. The molecule has 0 aliphatic heterocycles. The third-order valence-electron chi connectivity index (χ3n) is 6.80. The van der Waals surface area contributed by atoms with Gasteiger partial charge in [0.15, 0.2) is 0 Å². The highest BCUT2D eigenvalue weighted by molar-refractivity contribution is 7.53. The van der Waals surface area contributed by atoms with Gasteiger partial charge in [-0.15, -0.1) is 0 Å². The maximum absolute atomic E-state index is 12.6. The van der Waals surface area contributed by atoms with Gasteiger partial charge in [0, 0.05) is 0 Å². The molecule has 0 saturated heterocycles. The maximum Gasteiger partial charge on any atom is 0.344 e. The van der Waals surface area contributed by atoms with Crippen LogP contribution in [0.2, 0.25) is 0 Å². The van der Waals surface area contributed by atoms with Gasteiger partial charge in [-0.3, -0.25) is 4.57 Å². The van der Waals surface area contributed by atoms with Gasteiger partial charge in [-0.05, 0) is 12.8 Å². The van der Waals surface area contributed by atoms with Crippen molar-refractivity contribution in [3.05, 3.63) is 0 Å². The van der Waals surface area contributed by atoms with E-state index in [2.05, 4.69) is 13.8 Å². The highest BCUT2D eigenvalue weighted by Gasteiger charge is 2.21. The third kappa shape index (κ3) is 25.2. The van der Waals surface area contributed by atoms with Crippen LogP contribution in [-0.2, 0) is 13.6 Å². The third-order valence-corrected chi connectivity index (χ3v) is 8.39. The summed E-state index contributed by atoms with van der Waals surface area (Å²) in [5.74, 6) is 0. The van der Waals surface area contributed by atoms with Crippen LogP contribution in [0.25, 0.3) is 0 Å². The zero-order chi connectivity index (χ0) is 25.0. The fourth-order valence-corrected chi connectivity index (χ4v) is 5.54. The molecule has 0 rings (SSSR count). The average molecular weight is 504 g/mol. The minimum atomic E-state index is -3.09. The Bertz CT molecular complexity index is 400. The van der Waals surface area contributed by atoms with Gasteiger partial charge in [-0.2, -0.15) is 0 Å². The van der Waals surface area contributed by atoms with Crippen molar-refractivity contribution in [2.75, 3.05) is 19.5 Å². The molecule has 0 saturated carbocycles. The molecule has 0 fully saturated rings. The van der Waals surface area contributed by atoms with Crippen molar-refractivity contribution in [1.82, 2.24) is 0 Å². The van der Waals surface area contributed by atoms with Crippen LogP contribution < -0.4 is 5.73 Å². The van der Waals surface area contributed by atoms with E-state index in [1.807, 2.05) is 0 Å². The molecule has 0 aliphatic carbocycles. The van der Waals surface area contributed by atoms with E-state index < -0.39 is 7.60 Å². The molecule has 0 bridgehead atoms. The minimum absolute atomic E-state index is 0.0104. The Morgan fingerprint density at radius 1 is 0.441 bits per heavy atom. The molecule has 0 aromatic rings. The van der Waals surface area contributed by atoms with Gasteiger partial charge < -0.3 is 14.8 Å². The molecule has 0 spiro atoms. The van der Waals surface area contributed by atoms with Gasteiger partial charge in [0.25, 0.3) is 0 Å². The van der Waals surface area contributed by atoms with E-state index in [1.165, 1.54) is 128 Å². The molecular weight excluding hydrogens is 441 g/mol. The van der Waals surface area contributed by atoms with Gasteiger partial charge in [0.2, 0.25) is 0 Å². The topological polar surface area (TPSA) is 61.5 Å². The monoisotopic (exact) mass is 503 g/mol. The van der Waals surface area contributed by atoms with E-state index in [0.717, 1.165) is 25.7 Å². The molecule has 0 aromatic carbocycles. The number of unbranched alkanes of at least 4 members (excludes halogenated alkanes) is 22. The first-order valence-corrected chi connectivity index (χ1v) is 17.0. The van der Waals surface area contributed by atoms with E-state index >= 15 is 0 Å². The summed E-state index contributed by atoms with van der Waals surface area (Å²) in [6, 6.07) is 0. The fraction of sp³-hybridized carbons (Fsp3) is 1.00. The quantitative estimate of drug-likeness (QED) is 0.0814. The first-order chi connectivity index (χ1) is 16.7.